The highest BCUT2D eigenvalue weighted by molar-refractivity contribution is 6.00. The van der Waals surface area contributed by atoms with Crippen molar-refractivity contribution in [3.63, 3.8) is 0 Å². The van der Waals surface area contributed by atoms with Crippen LogP contribution in [0.1, 0.15) is 25.3 Å². The van der Waals surface area contributed by atoms with Gasteiger partial charge in [-0.05, 0) is 31.0 Å². The highest BCUT2D eigenvalue weighted by atomic mass is 16.5. The first-order chi connectivity index (χ1) is 13.4. The number of rotatable bonds is 2. The number of aromatic nitrogens is 1. The Morgan fingerprint density at radius 1 is 1.29 bits per heavy atom. The molecule has 4 N–H and O–H groups in total. The van der Waals surface area contributed by atoms with Crippen molar-refractivity contribution in [1.82, 2.24) is 4.98 Å². The molecule has 0 saturated heterocycles. The lowest BCUT2D eigenvalue weighted by Crippen LogP contribution is -2.27. The predicted molar refractivity (Wildman–Crippen MR) is 109 cm³/mol. The van der Waals surface area contributed by atoms with Crippen molar-refractivity contribution >= 4 is 17.7 Å². The van der Waals surface area contributed by atoms with E-state index < -0.39 is 5.54 Å². The molecule has 3 aliphatic rings. The van der Waals surface area contributed by atoms with Crippen molar-refractivity contribution in [3.8, 4) is 11.5 Å². The Bertz CT molecular complexity index is 1090. The molecular weight excluding hydrogens is 352 g/mol. The van der Waals surface area contributed by atoms with Crippen LogP contribution >= 0.6 is 0 Å². The SMILES string of the molecule is CC1C=C(C2=NC3(C)Cc4oc(-c5cccc(N)c5)nc4C=C3O2)C=CC1N. The molecule has 0 fully saturated rings. The van der Waals surface area contributed by atoms with E-state index in [0.717, 1.165) is 28.3 Å². The van der Waals surface area contributed by atoms with Gasteiger partial charge in [-0.3, -0.25) is 0 Å². The van der Waals surface area contributed by atoms with Crippen LogP contribution in [0.3, 0.4) is 0 Å². The molecule has 1 aliphatic heterocycles. The van der Waals surface area contributed by atoms with Crippen LogP contribution in [-0.2, 0) is 11.2 Å². The summed E-state index contributed by atoms with van der Waals surface area (Å²) in [6.07, 6.45) is 8.61. The fourth-order valence-corrected chi connectivity index (χ4v) is 3.77. The summed E-state index contributed by atoms with van der Waals surface area (Å²) in [5.74, 6) is 3.03. The Hall–Kier alpha value is -3.12. The lowest BCUT2D eigenvalue weighted by Gasteiger charge is -2.22. The molecule has 2 aliphatic carbocycles. The first-order valence-corrected chi connectivity index (χ1v) is 9.43. The fourth-order valence-electron chi connectivity index (χ4n) is 3.77. The number of nitrogens with two attached hydrogens (primary N) is 2. The maximum Gasteiger partial charge on any atom is 0.226 e. The largest absolute Gasteiger partial charge is 0.440 e. The number of fused-ring (bicyclic) bond motifs is 2. The smallest absolute Gasteiger partial charge is 0.226 e. The summed E-state index contributed by atoms with van der Waals surface area (Å²) in [5.41, 5.74) is 14.7. The van der Waals surface area contributed by atoms with Gasteiger partial charge in [-0.15, -0.1) is 0 Å². The molecule has 2 heterocycles. The van der Waals surface area contributed by atoms with E-state index in [9.17, 15) is 0 Å². The second kappa shape index (κ2) is 5.94. The van der Waals surface area contributed by atoms with Gasteiger partial charge in [0.25, 0.3) is 0 Å². The number of nitrogens with zero attached hydrogens (tertiary/aromatic N) is 2. The van der Waals surface area contributed by atoms with Gasteiger partial charge in [0.1, 0.15) is 22.8 Å². The Balaban J connectivity index is 1.46. The van der Waals surface area contributed by atoms with E-state index in [4.69, 9.17) is 25.6 Å². The van der Waals surface area contributed by atoms with Gasteiger partial charge in [-0.2, -0.15) is 0 Å². The van der Waals surface area contributed by atoms with Crippen LogP contribution in [0.2, 0.25) is 0 Å². The summed E-state index contributed by atoms with van der Waals surface area (Å²) < 4.78 is 12.2. The van der Waals surface area contributed by atoms with Gasteiger partial charge in [0, 0.05) is 35.4 Å². The van der Waals surface area contributed by atoms with Gasteiger partial charge in [0.05, 0.1) is 0 Å². The minimum atomic E-state index is -0.494. The van der Waals surface area contributed by atoms with Crippen LogP contribution in [0, 0.1) is 5.92 Å². The van der Waals surface area contributed by atoms with E-state index in [1.165, 1.54) is 0 Å². The van der Waals surface area contributed by atoms with Crippen LogP contribution in [0.4, 0.5) is 5.69 Å². The van der Waals surface area contributed by atoms with Crippen LogP contribution in [0.15, 0.2) is 63.2 Å². The normalized spacial score (nSPS) is 28.0. The molecule has 142 valence electrons. The van der Waals surface area contributed by atoms with Crippen molar-refractivity contribution in [2.75, 3.05) is 5.73 Å². The lowest BCUT2D eigenvalue weighted by atomic mass is 9.89. The van der Waals surface area contributed by atoms with Crippen molar-refractivity contribution < 1.29 is 9.15 Å². The number of ether oxygens (including phenoxy) is 1. The maximum atomic E-state index is 6.13. The zero-order chi connectivity index (χ0) is 19.5. The zero-order valence-electron chi connectivity index (χ0n) is 15.8. The predicted octanol–water partition coefficient (Wildman–Crippen LogP) is 3.47. The Morgan fingerprint density at radius 3 is 2.93 bits per heavy atom. The number of hydrogen-bond donors (Lipinski definition) is 2. The fraction of sp³-hybridized carbons (Fsp3) is 0.273. The number of hydrogen-bond acceptors (Lipinski definition) is 6. The third kappa shape index (κ3) is 2.68. The summed E-state index contributed by atoms with van der Waals surface area (Å²) in [4.78, 5) is 9.52. The van der Waals surface area contributed by atoms with Gasteiger partial charge in [-0.1, -0.05) is 31.2 Å². The molecule has 0 radical (unpaired) electrons. The third-order valence-electron chi connectivity index (χ3n) is 5.51. The number of aliphatic imine (C=N–C) groups is 1. The van der Waals surface area contributed by atoms with Crippen molar-refractivity contribution in [2.24, 2.45) is 16.6 Å². The van der Waals surface area contributed by atoms with E-state index in [0.29, 0.717) is 23.9 Å². The van der Waals surface area contributed by atoms with Gasteiger partial charge in [0.2, 0.25) is 11.8 Å². The molecule has 0 spiro atoms. The van der Waals surface area contributed by atoms with E-state index >= 15 is 0 Å². The monoisotopic (exact) mass is 374 g/mol. The molecule has 0 amide bonds. The molecule has 1 aromatic heterocycles. The molecule has 0 bridgehead atoms. The summed E-state index contributed by atoms with van der Waals surface area (Å²) in [6, 6.07) is 7.55. The maximum absolute atomic E-state index is 6.13. The van der Waals surface area contributed by atoms with Crippen molar-refractivity contribution in [2.45, 2.75) is 31.8 Å². The lowest BCUT2D eigenvalue weighted by molar-refractivity contribution is 0.351. The first kappa shape index (κ1) is 17.0. The van der Waals surface area contributed by atoms with Gasteiger partial charge >= 0.3 is 0 Å². The third-order valence-corrected chi connectivity index (χ3v) is 5.51. The summed E-state index contributed by atoms with van der Waals surface area (Å²) in [7, 11) is 0. The van der Waals surface area contributed by atoms with Crippen molar-refractivity contribution in [1.29, 1.82) is 0 Å². The number of benzene rings is 1. The van der Waals surface area contributed by atoms with E-state index in [1.54, 1.807) is 0 Å². The minimum absolute atomic E-state index is 0.0292. The Labute approximate surface area is 163 Å². The van der Waals surface area contributed by atoms with Crippen LogP contribution in [-0.4, -0.2) is 22.5 Å². The van der Waals surface area contributed by atoms with Crippen LogP contribution in [0.5, 0.6) is 0 Å². The van der Waals surface area contributed by atoms with Gasteiger partial charge in [-0.25, -0.2) is 9.98 Å². The highest BCUT2D eigenvalue weighted by Crippen LogP contribution is 2.41. The number of anilines is 1. The molecule has 6 nitrogen and oxygen atoms in total. The van der Waals surface area contributed by atoms with Gasteiger partial charge < -0.3 is 20.6 Å². The van der Waals surface area contributed by atoms with Gasteiger partial charge in [0.15, 0.2) is 0 Å². The second-order valence-electron chi connectivity index (χ2n) is 7.85. The summed E-state index contributed by atoms with van der Waals surface area (Å²) in [5, 5.41) is 0. The standard InChI is InChI=1S/C22H22N4O2/c1-12-8-14(6-7-16(12)24)21-26-22(2)11-18-17(10-19(22)28-21)25-20(27-18)13-4-3-5-15(23)9-13/h3-10,12,16H,11,23-24H2,1-2H3. The topological polar surface area (TPSA) is 99.7 Å². The van der Waals surface area contributed by atoms with Crippen molar-refractivity contribution in [3.05, 3.63) is 65.3 Å². The van der Waals surface area contributed by atoms with E-state index in [2.05, 4.69) is 24.9 Å². The van der Waals surface area contributed by atoms with Crippen LogP contribution in [0.25, 0.3) is 17.5 Å². The molecule has 6 heteroatoms. The summed E-state index contributed by atoms with van der Waals surface area (Å²) in [6.45, 7) is 4.15. The average molecular weight is 374 g/mol. The molecule has 2 aromatic rings. The second-order valence-corrected chi connectivity index (χ2v) is 7.85. The zero-order valence-corrected chi connectivity index (χ0v) is 15.8. The molecule has 0 saturated carbocycles. The van der Waals surface area contributed by atoms with E-state index in [-0.39, 0.29) is 12.0 Å². The molecule has 28 heavy (non-hydrogen) atoms. The molecule has 3 unspecified atom stereocenters. The number of oxazole rings is 1. The first-order valence-electron chi connectivity index (χ1n) is 9.43. The number of nitrogen functional groups attached to an aromatic ring is 1. The summed E-state index contributed by atoms with van der Waals surface area (Å²) >= 11 is 0. The van der Waals surface area contributed by atoms with E-state index in [1.807, 2.05) is 42.5 Å². The quantitative estimate of drug-likeness (QED) is 0.784. The molecule has 5 rings (SSSR count). The molecule has 3 atom stereocenters. The Kier molecular flexibility index (Phi) is 3.61. The molecular formula is C22H22N4O2. The highest BCUT2D eigenvalue weighted by Gasteiger charge is 2.43. The Morgan fingerprint density at radius 2 is 2.14 bits per heavy atom. The minimum Gasteiger partial charge on any atom is -0.440 e. The average Bonchev–Trinajstić information content (AvgIpc) is 3.21. The van der Waals surface area contributed by atoms with Crippen LogP contribution < -0.4 is 11.5 Å². The molecule has 1 aromatic carbocycles.